The Morgan fingerprint density at radius 2 is 1.25 bits per heavy atom. The summed E-state index contributed by atoms with van der Waals surface area (Å²) in [5.41, 5.74) is -2.83. The second-order valence-corrected chi connectivity index (χ2v) is 7.73. The maximum absolute atomic E-state index is 12.8. The first-order valence-electron chi connectivity index (χ1n) is 10.4. The Bertz CT molecular complexity index is 893. The number of ether oxygens (including phenoxy) is 4. The van der Waals surface area contributed by atoms with Gasteiger partial charge in [0.05, 0.1) is 13.2 Å². The molecule has 32 heavy (non-hydrogen) atoms. The lowest BCUT2D eigenvalue weighted by molar-refractivity contribution is -0.161. The van der Waals surface area contributed by atoms with E-state index < -0.39 is 34.7 Å². The maximum atomic E-state index is 12.8. The molecule has 0 bridgehead atoms. The van der Waals surface area contributed by atoms with Crippen molar-refractivity contribution in [1.29, 1.82) is 0 Å². The van der Waals surface area contributed by atoms with Crippen LogP contribution in [0.4, 0.5) is 0 Å². The van der Waals surface area contributed by atoms with Crippen LogP contribution in [0.25, 0.3) is 0 Å². The van der Waals surface area contributed by atoms with Crippen molar-refractivity contribution in [1.82, 2.24) is 0 Å². The van der Waals surface area contributed by atoms with Crippen molar-refractivity contribution in [2.45, 2.75) is 26.7 Å². The largest absolute Gasteiger partial charge is 0.465 e. The van der Waals surface area contributed by atoms with E-state index in [1.54, 1.807) is 13.8 Å². The quantitative estimate of drug-likeness (QED) is 0.236. The summed E-state index contributed by atoms with van der Waals surface area (Å²) in [4.78, 5) is 50.2. The van der Waals surface area contributed by atoms with Crippen LogP contribution in [0.5, 0.6) is 11.5 Å². The molecule has 2 fully saturated rings. The molecule has 0 heterocycles. The van der Waals surface area contributed by atoms with Gasteiger partial charge >= 0.3 is 23.9 Å². The van der Waals surface area contributed by atoms with Gasteiger partial charge < -0.3 is 18.9 Å². The molecule has 8 heteroatoms. The average molecular weight is 442 g/mol. The van der Waals surface area contributed by atoms with Gasteiger partial charge in [-0.1, -0.05) is 18.2 Å². The van der Waals surface area contributed by atoms with Crippen LogP contribution < -0.4 is 9.47 Å². The molecule has 0 aliphatic heterocycles. The Kier molecular flexibility index (Phi) is 6.52. The van der Waals surface area contributed by atoms with Gasteiger partial charge in [0.25, 0.3) is 0 Å². The molecule has 0 spiro atoms. The zero-order valence-electron chi connectivity index (χ0n) is 18.1. The van der Waals surface area contributed by atoms with Crippen LogP contribution in [-0.2, 0) is 28.7 Å². The summed E-state index contributed by atoms with van der Waals surface area (Å²) in [6.45, 7) is 10.9. The lowest BCUT2D eigenvalue weighted by Gasteiger charge is -2.16. The van der Waals surface area contributed by atoms with Gasteiger partial charge in [-0.2, -0.15) is 0 Å². The lowest BCUT2D eigenvalue weighted by atomic mass is 10.0. The van der Waals surface area contributed by atoms with Gasteiger partial charge in [-0.15, -0.1) is 13.2 Å². The van der Waals surface area contributed by atoms with Crippen molar-refractivity contribution in [3.63, 3.8) is 0 Å². The number of hydrogen-bond acceptors (Lipinski definition) is 8. The molecular formula is C24H26O8. The summed E-state index contributed by atoms with van der Waals surface area (Å²) < 4.78 is 20.9. The summed E-state index contributed by atoms with van der Waals surface area (Å²) in [7, 11) is 0. The molecule has 8 nitrogen and oxygen atoms in total. The van der Waals surface area contributed by atoms with Crippen LogP contribution in [0.1, 0.15) is 26.7 Å². The van der Waals surface area contributed by atoms with E-state index >= 15 is 0 Å². The number of benzene rings is 1. The minimum atomic E-state index is -1.41. The fraction of sp³-hybridized carbons (Fsp3) is 0.417. The van der Waals surface area contributed by atoms with E-state index in [-0.39, 0.29) is 49.4 Å². The molecule has 4 unspecified atom stereocenters. The first kappa shape index (κ1) is 23.2. The minimum Gasteiger partial charge on any atom is -0.465 e. The minimum absolute atomic E-state index is 0.0833. The summed E-state index contributed by atoms with van der Waals surface area (Å²) >= 11 is 0. The molecule has 2 aliphatic rings. The third-order valence-electron chi connectivity index (χ3n) is 5.83. The van der Waals surface area contributed by atoms with Gasteiger partial charge in [-0.3, -0.25) is 19.2 Å². The van der Waals surface area contributed by atoms with Crippen molar-refractivity contribution >= 4 is 23.9 Å². The maximum Gasteiger partial charge on any atom is 0.329 e. The third-order valence-corrected chi connectivity index (χ3v) is 5.83. The topological polar surface area (TPSA) is 105 Å². The Hall–Kier alpha value is -3.42. The van der Waals surface area contributed by atoms with E-state index in [9.17, 15) is 19.2 Å². The summed E-state index contributed by atoms with van der Waals surface area (Å²) in [6, 6.07) is 5.84. The summed E-state index contributed by atoms with van der Waals surface area (Å²) in [5.74, 6) is -3.41. The lowest BCUT2D eigenvalue weighted by Crippen LogP contribution is -2.34. The monoisotopic (exact) mass is 442 g/mol. The molecule has 0 radical (unpaired) electrons. The van der Waals surface area contributed by atoms with Crippen molar-refractivity contribution in [3.05, 3.63) is 49.6 Å². The van der Waals surface area contributed by atoms with E-state index in [4.69, 9.17) is 18.9 Å². The Morgan fingerprint density at radius 3 is 1.56 bits per heavy atom. The van der Waals surface area contributed by atoms with Crippen LogP contribution >= 0.6 is 0 Å². The van der Waals surface area contributed by atoms with Crippen LogP contribution in [0.2, 0.25) is 0 Å². The zero-order valence-corrected chi connectivity index (χ0v) is 18.1. The predicted molar refractivity (Wildman–Crippen MR) is 112 cm³/mol. The number of carbonyl (C=O) groups is 4. The third kappa shape index (κ3) is 3.92. The molecule has 2 saturated carbocycles. The molecule has 0 aromatic heterocycles. The molecule has 0 N–H and O–H groups in total. The molecule has 0 amide bonds. The standard InChI is InChI=1S/C24H26O8/c1-5-15-13-23(15,19(25)29-7-3)21(27)31-17-10-9-11-18(12-17)32-22(28)24(14-16(24)6-2)20(26)30-8-4/h5-6,9-12,15-16H,1-2,7-8,13-14H2,3-4H3. The van der Waals surface area contributed by atoms with E-state index in [1.807, 2.05) is 0 Å². The molecule has 170 valence electrons. The van der Waals surface area contributed by atoms with E-state index in [0.717, 1.165) is 0 Å². The molecular weight excluding hydrogens is 416 g/mol. The highest BCUT2D eigenvalue weighted by Crippen LogP contribution is 2.56. The molecule has 1 aromatic rings. The zero-order chi connectivity index (χ0) is 23.5. The highest BCUT2D eigenvalue weighted by Gasteiger charge is 2.68. The molecule has 3 rings (SSSR count). The second-order valence-electron chi connectivity index (χ2n) is 7.73. The molecule has 4 atom stereocenters. The van der Waals surface area contributed by atoms with Crippen molar-refractivity contribution < 1.29 is 38.1 Å². The summed E-state index contributed by atoms with van der Waals surface area (Å²) in [5, 5.41) is 0. The molecule has 0 saturated heterocycles. The van der Waals surface area contributed by atoms with Crippen molar-refractivity contribution in [2.75, 3.05) is 13.2 Å². The van der Waals surface area contributed by atoms with E-state index in [0.29, 0.717) is 0 Å². The van der Waals surface area contributed by atoms with Gasteiger partial charge in [0.1, 0.15) is 11.5 Å². The van der Waals surface area contributed by atoms with Crippen molar-refractivity contribution in [3.8, 4) is 11.5 Å². The highest BCUT2D eigenvalue weighted by molar-refractivity contribution is 6.06. The van der Waals surface area contributed by atoms with Crippen LogP contribution in [0, 0.1) is 22.7 Å². The van der Waals surface area contributed by atoms with Crippen LogP contribution in [-0.4, -0.2) is 37.1 Å². The Labute approximate surface area is 186 Å². The van der Waals surface area contributed by atoms with Gasteiger partial charge in [0.15, 0.2) is 10.8 Å². The number of carbonyl (C=O) groups excluding carboxylic acids is 4. The molecule has 2 aliphatic carbocycles. The number of allylic oxidation sites excluding steroid dienone is 2. The van der Waals surface area contributed by atoms with Crippen molar-refractivity contribution in [2.24, 2.45) is 22.7 Å². The predicted octanol–water partition coefficient (Wildman–Crippen LogP) is 3.01. The fourth-order valence-corrected chi connectivity index (χ4v) is 3.77. The smallest absolute Gasteiger partial charge is 0.329 e. The Balaban J connectivity index is 1.73. The highest BCUT2D eigenvalue weighted by atomic mass is 16.6. The van der Waals surface area contributed by atoms with Crippen LogP contribution in [0.15, 0.2) is 49.6 Å². The number of rotatable bonds is 10. The van der Waals surface area contributed by atoms with Gasteiger partial charge in [0, 0.05) is 17.9 Å². The average Bonchev–Trinajstić information content (AvgIpc) is 3.67. The SMILES string of the molecule is C=CC1CC1(C(=O)OCC)C(=O)Oc1cccc(OC(=O)C2(C(=O)OCC)CC2C=C)c1. The Morgan fingerprint density at radius 1 is 0.844 bits per heavy atom. The van der Waals surface area contributed by atoms with Crippen LogP contribution in [0.3, 0.4) is 0 Å². The normalized spacial score (nSPS) is 27.4. The molecule has 1 aromatic carbocycles. The number of hydrogen-bond donors (Lipinski definition) is 0. The first-order valence-corrected chi connectivity index (χ1v) is 10.4. The van der Waals surface area contributed by atoms with Gasteiger partial charge in [-0.25, -0.2) is 0 Å². The second kappa shape index (κ2) is 8.98. The van der Waals surface area contributed by atoms with Gasteiger partial charge in [-0.05, 0) is 38.8 Å². The van der Waals surface area contributed by atoms with E-state index in [2.05, 4.69) is 13.2 Å². The van der Waals surface area contributed by atoms with E-state index in [1.165, 1.54) is 36.4 Å². The first-order chi connectivity index (χ1) is 15.3. The number of esters is 4. The van der Waals surface area contributed by atoms with Gasteiger partial charge in [0.2, 0.25) is 0 Å². The fourth-order valence-electron chi connectivity index (χ4n) is 3.77. The summed E-state index contributed by atoms with van der Waals surface area (Å²) in [6.07, 6.45) is 3.56.